The van der Waals surface area contributed by atoms with Crippen LogP contribution in [0.15, 0.2) is 119 Å². The van der Waals surface area contributed by atoms with Crippen molar-refractivity contribution in [2.24, 2.45) is 22.9 Å². The molecule has 312 valence electrons. The summed E-state index contributed by atoms with van der Waals surface area (Å²) in [6.45, 7) is 7.06. The highest BCUT2D eigenvalue weighted by Gasteiger charge is 2.65. The maximum Gasteiger partial charge on any atom is 0.254 e. The van der Waals surface area contributed by atoms with E-state index in [2.05, 4.69) is 50.1 Å². The molecule has 6 atom stereocenters. The number of rotatable bonds is 19. The Kier molecular flexibility index (Phi) is 14.1. The molecule has 1 saturated carbocycles. The molecule has 1 aliphatic heterocycles. The van der Waals surface area contributed by atoms with Gasteiger partial charge >= 0.3 is 0 Å². The predicted octanol–water partition coefficient (Wildman–Crippen LogP) is 10.2. The fourth-order valence-electron chi connectivity index (χ4n) is 9.73. The number of aliphatic hydroxyl groups is 2. The zero-order valence-electron chi connectivity index (χ0n) is 34.6. The number of nitrogens with zero attached hydrogens (tertiary/aromatic N) is 2. The SMILES string of the molecule is C=CCO[C@@]12Oc3ccc(Oc4ccc(SC)cc4)cc3[C@H]3[C@H](CCCCO)[C@@H](CCCCO)C=C(C(=NOC)C[C@@H]1N(CCC)C(=O)c1ccc4ccccc4c1)[C@H]32. The van der Waals surface area contributed by atoms with Crippen molar-refractivity contribution in [1.82, 2.24) is 4.90 Å². The summed E-state index contributed by atoms with van der Waals surface area (Å²) in [6, 6.07) is 27.5. The van der Waals surface area contributed by atoms with Gasteiger partial charge in [-0.2, -0.15) is 0 Å². The molecule has 1 heterocycles. The highest BCUT2D eigenvalue weighted by molar-refractivity contribution is 7.98. The minimum atomic E-state index is -1.33. The molecule has 3 aliphatic rings. The van der Waals surface area contributed by atoms with Crippen molar-refractivity contribution in [2.45, 2.75) is 80.9 Å². The Morgan fingerprint density at radius 1 is 0.966 bits per heavy atom. The van der Waals surface area contributed by atoms with Gasteiger partial charge in [0.1, 0.15) is 30.4 Å². The van der Waals surface area contributed by atoms with E-state index in [1.807, 2.05) is 65.6 Å². The van der Waals surface area contributed by atoms with Gasteiger partial charge in [-0.05, 0) is 121 Å². The fourth-order valence-corrected chi connectivity index (χ4v) is 10.1. The van der Waals surface area contributed by atoms with Gasteiger partial charge in [-0.15, -0.1) is 18.3 Å². The van der Waals surface area contributed by atoms with Gasteiger partial charge in [0.25, 0.3) is 5.91 Å². The van der Waals surface area contributed by atoms with Crippen LogP contribution in [-0.2, 0) is 9.57 Å². The summed E-state index contributed by atoms with van der Waals surface area (Å²) in [6.07, 6.45) is 12.0. The number of fused-ring (bicyclic) bond motifs is 3. The quantitative estimate of drug-likeness (QED) is 0.0417. The second kappa shape index (κ2) is 19.6. The Morgan fingerprint density at radius 3 is 2.42 bits per heavy atom. The summed E-state index contributed by atoms with van der Waals surface area (Å²) < 4.78 is 21.0. The van der Waals surface area contributed by atoms with Crippen molar-refractivity contribution in [1.29, 1.82) is 0 Å². The number of hydrogen-bond donors (Lipinski definition) is 2. The second-order valence-corrected chi connectivity index (χ2v) is 16.7. The third-order valence-electron chi connectivity index (χ3n) is 12.2. The lowest BCUT2D eigenvalue weighted by Crippen LogP contribution is -2.70. The summed E-state index contributed by atoms with van der Waals surface area (Å²) in [5, 5.41) is 26.6. The van der Waals surface area contributed by atoms with Crippen molar-refractivity contribution < 1.29 is 34.1 Å². The van der Waals surface area contributed by atoms with Gasteiger partial charge in [-0.1, -0.05) is 67.4 Å². The van der Waals surface area contributed by atoms with E-state index in [1.165, 1.54) is 0 Å². The van der Waals surface area contributed by atoms with Crippen molar-refractivity contribution in [3.05, 3.63) is 120 Å². The third kappa shape index (κ3) is 8.83. The molecule has 0 aromatic heterocycles. The largest absolute Gasteiger partial charge is 0.459 e. The molecule has 1 amide bonds. The van der Waals surface area contributed by atoms with Gasteiger partial charge in [0.2, 0.25) is 5.79 Å². The first-order valence-electron chi connectivity index (χ1n) is 21.1. The van der Waals surface area contributed by atoms with E-state index >= 15 is 4.79 Å². The monoisotopic (exact) mass is 818 g/mol. The van der Waals surface area contributed by atoms with Crippen LogP contribution < -0.4 is 9.47 Å². The zero-order chi connectivity index (χ0) is 41.4. The van der Waals surface area contributed by atoms with Gasteiger partial charge in [0.15, 0.2) is 0 Å². The number of unbranched alkanes of at least 4 members (excludes halogenated alkanes) is 2. The number of ether oxygens (including phenoxy) is 3. The topological polar surface area (TPSA) is 110 Å². The van der Waals surface area contributed by atoms with Crippen molar-refractivity contribution in [2.75, 3.05) is 39.7 Å². The van der Waals surface area contributed by atoms with E-state index in [1.54, 1.807) is 24.9 Å². The Labute approximate surface area is 353 Å². The lowest BCUT2D eigenvalue weighted by Gasteiger charge is -2.60. The van der Waals surface area contributed by atoms with Crippen LogP contribution in [0.5, 0.6) is 17.2 Å². The molecular formula is C49H58N2O7S. The summed E-state index contributed by atoms with van der Waals surface area (Å²) in [5.41, 5.74) is 3.38. The lowest BCUT2D eigenvalue weighted by molar-refractivity contribution is -0.254. The lowest BCUT2D eigenvalue weighted by atomic mass is 9.55. The normalized spacial score (nSPS) is 23.8. The van der Waals surface area contributed by atoms with Crippen LogP contribution >= 0.6 is 11.8 Å². The van der Waals surface area contributed by atoms with E-state index in [9.17, 15) is 10.2 Å². The minimum Gasteiger partial charge on any atom is -0.459 e. The summed E-state index contributed by atoms with van der Waals surface area (Å²) in [7, 11) is 1.57. The maximum absolute atomic E-state index is 15.1. The molecule has 0 bridgehead atoms. The number of thioether (sulfide) groups is 1. The summed E-state index contributed by atoms with van der Waals surface area (Å²) in [4.78, 5) is 23.8. The van der Waals surface area contributed by atoms with Gasteiger partial charge in [0.05, 0.1) is 18.2 Å². The molecular weight excluding hydrogens is 761 g/mol. The van der Waals surface area contributed by atoms with Crippen molar-refractivity contribution in [3.63, 3.8) is 0 Å². The van der Waals surface area contributed by atoms with Crippen LogP contribution in [0.1, 0.15) is 80.1 Å². The van der Waals surface area contributed by atoms with Gasteiger partial charge in [-0.3, -0.25) is 4.79 Å². The van der Waals surface area contributed by atoms with Gasteiger partial charge < -0.3 is 34.2 Å². The molecule has 4 aromatic carbocycles. The fraction of sp³-hybridized carbons (Fsp3) is 0.429. The summed E-state index contributed by atoms with van der Waals surface area (Å²) in [5.74, 6) is 0.399. The predicted molar refractivity (Wildman–Crippen MR) is 236 cm³/mol. The summed E-state index contributed by atoms with van der Waals surface area (Å²) >= 11 is 1.68. The number of oxime groups is 1. The first kappa shape index (κ1) is 42.5. The molecule has 2 N–H and O–H groups in total. The molecule has 0 spiro atoms. The van der Waals surface area contributed by atoms with Crippen LogP contribution in [0.3, 0.4) is 0 Å². The Morgan fingerprint density at radius 2 is 1.71 bits per heavy atom. The molecule has 1 fully saturated rings. The van der Waals surface area contributed by atoms with Gasteiger partial charge in [-0.25, -0.2) is 0 Å². The molecule has 10 heteroatoms. The molecule has 59 heavy (non-hydrogen) atoms. The number of carbonyl (C=O) groups is 1. The number of allylic oxidation sites excluding steroid dienone is 1. The molecule has 2 aliphatic carbocycles. The Hall–Kier alpha value is -4.61. The average molecular weight is 819 g/mol. The van der Waals surface area contributed by atoms with Crippen LogP contribution in [-0.4, -0.2) is 78.3 Å². The first-order valence-corrected chi connectivity index (χ1v) is 22.3. The molecule has 4 aromatic rings. The van der Waals surface area contributed by atoms with E-state index in [0.29, 0.717) is 49.3 Å². The average Bonchev–Trinajstić information content (AvgIpc) is 3.26. The van der Waals surface area contributed by atoms with E-state index < -0.39 is 17.7 Å². The van der Waals surface area contributed by atoms with Crippen LogP contribution in [0.2, 0.25) is 0 Å². The van der Waals surface area contributed by atoms with E-state index in [4.69, 9.17) is 24.2 Å². The standard InChI is InChI=1S/C49H58N2O7S/c1-5-25-51(48(54)36-18-17-33-13-7-8-14-34(33)29-36)45-32-43(50-55-3)41-30-35(15-9-11-26-52)40(16-10-12-27-53)46-42-31-38(57-37-19-22-39(59-4)23-20-37)21-24-44(42)58-49(45,47(41)46)56-28-6-2/h6-8,13-14,17-24,29-31,35,40,45-47,52-53H,2,5,9-12,15-16,25-28,32H2,1,3-4H3/t35-,40+,45-,46+,47+,49+/m0/s1. The number of amides is 1. The smallest absolute Gasteiger partial charge is 0.254 e. The number of hydrogen-bond acceptors (Lipinski definition) is 9. The Bertz CT molecular complexity index is 2140. The third-order valence-corrected chi connectivity index (χ3v) is 13.0. The Balaban J connectivity index is 1.43. The van der Waals surface area contributed by atoms with Gasteiger partial charge in [0, 0.05) is 48.1 Å². The van der Waals surface area contributed by atoms with E-state index in [0.717, 1.165) is 63.9 Å². The molecule has 0 saturated heterocycles. The molecule has 0 unspecified atom stereocenters. The first-order chi connectivity index (χ1) is 28.9. The molecule has 0 radical (unpaired) electrons. The highest BCUT2D eigenvalue weighted by Crippen LogP contribution is 2.62. The van der Waals surface area contributed by atoms with Crippen LogP contribution in [0, 0.1) is 17.8 Å². The molecule has 7 rings (SSSR count). The minimum absolute atomic E-state index is 0.104. The van der Waals surface area contributed by atoms with Crippen molar-refractivity contribution >= 4 is 34.2 Å². The maximum atomic E-state index is 15.1. The second-order valence-electron chi connectivity index (χ2n) is 15.8. The number of benzene rings is 4. The number of aliphatic hydroxyl groups excluding tert-OH is 2. The number of carbonyl (C=O) groups excluding carboxylic acids is 1. The highest BCUT2D eigenvalue weighted by atomic mass is 32.2. The van der Waals surface area contributed by atoms with Crippen LogP contribution in [0.4, 0.5) is 0 Å². The van der Waals surface area contributed by atoms with Crippen LogP contribution in [0.25, 0.3) is 10.8 Å². The zero-order valence-corrected chi connectivity index (χ0v) is 35.4. The molecule has 9 nitrogen and oxygen atoms in total. The van der Waals surface area contributed by atoms with Crippen molar-refractivity contribution in [3.8, 4) is 17.2 Å². The van der Waals surface area contributed by atoms with E-state index in [-0.39, 0.29) is 43.5 Å².